The Labute approximate surface area is 112 Å². The Bertz CT molecular complexity index is 511. The van der Waals surface area contributed by atoms with Gasteiger partial charge in [-0.25, -0.2) is 0 Å². The average molecular weight is 312 g/mol. The van der Waals surface area contributed by atoms with Gasteiger partial charge in [0, 0.05) is 11.8 Å². The van der Waals surface area contributed by atoms with Crippen LogP contribution in [0.25, 0.3) is 0 Å². The van der Waals surface area contributed by atoms with Gasteiger partial charge in [0.25, 0.3) is 0 Å². The predicted octanol–water partition coefficient (Wildman–Crippen LogP) is 1.04. The van der Waals surface area contributed by atoms with Crippen molar-refractivity contribution in [1.29, 1.82) is 5.26 Å². The van der Waals surface area contributed by atoms with E-state index in [1.807, 2.05) is 0 Å². The van der Waals surface area contributed by atoms with Crippen molar-refractivity contribution in [1.82, 2.24) is 5.32 Å². The normalized spacial score (nSPS) is 9.17. The Kier molecular flexibility index (Phi) is 5.14. The van der Waals surface area contributed by atoms with E-state index in [2.05, 4.69) is 26.6 Å². The number of amides is 2. The zero-order chi connectivity index (χ0) is 13.5. The molecule has 6 nitrogen and oxygen atoms in total. The molecule has 2 N–H and O–H groups in total. The fourth-order valence-corrected chi connectivity index (χ4v) is 1.53. The molecule has 0 aliphatic carbocycles. The standard InChI is InChI=1S/C11H10BrN3O3/c1-18-9-6-7(2-3-8(9)12)15-11(17)10(16)14-5-4-13/h2-3,6H,5H2,1H3,(H,14,16)(H,15,17). The SMILES string of the molecule is COc1cc(NC(=O)C(=O)NCC#N)ccc1Br. The summed E-state index contributed by atoms with van der Waals surface area (Å²) in [4.78, 5) is 22.6. The molecule has 0 saturated carbocycles. The number of carbonyl (C=O) groups is 2. The van der Waals surface area contributed by atoms with Gasteiger partial charge in [-0.05, 0) is 28.1 Å². The van der Waals surface area contributed by atoms with Crippen LogP contribution in [0.4, 0.5) is 5.69 Å². The summed E-state index contributed by atoms with van der Waals surface area (Å²) in [6, 6.07) is 6.57. The largest absolute Gasteiger partial charge is 0.495 e. The lowest BCUT2D eigenvalue weighted by Crippen LogP contribution is -2.35. The molecule has 2 amide bonds. The maximum absolute atomic E-state index is 11.4. The van der Waals surface area contributed by atoms with Crippen molar-refractivity contribution < 1.29 is 14.3 Å². The molecule has 1 aromatic rings. The smallest absolute Gasteiger partial charge is 0.313 e. The summed E-state index contributed by atoms with van der Waals surface area (Å²) < 4.78 is 5.78. The molecule has 0 aliphatic heterocycles. The van der Waals surface area contributed by atoms with Crippen LogP contribution in [0, 0.1) is 11.3 Å². The molecular weight excluding hydrogens is 302 g/mol. The van der Waals surface area contributed by atoms with E-state index < -0.39 is 11.8 Å². The minimum Gasteiger partial charge on any atom is -0.495 e. The third-order valence-corrected chi connectivity index (χ3v) is 2.60. The van der Waals surface area contributed by atoms with E-state index in [1.54, 1.807) is 24.3 Å². The number of nitrogens with one attached hydrogen (secondary N) is 2. The van der Waals surface area contributed by atoms with Gasteiger partial charge in [0.2, 0.25) is 0 Å². The van der Waals surface area contributed by atoms with E-state index in [4.69, 9.17) is 10.00 Å². The highest BCUT2D eigenvalue weighted by molar-refractivity contribution is 9.10. The van der Waals surface area contributed by atoms with Crippen molar-refractivity contribution in [2.45, 2.75) is 0 Å². The van der Waals surface area contributed by atoms with Crippen LogP contribution in [0.2, 0.25) is 0 Å². The Morgan fingerprint density at radius 3 is 2.78 bits per heavy atom. The molecule has 0 radical (unpaired) electrons. The molecule has 0 bridgehead atoms. The second kappa shape index (κ2) is 6.61. The van der Waals surface area contributed by atoms with Gasteiger partial charge < -0.3 is 15.4 Å². The predicted molar refractivity (Wildman–Crippen MR) is 67.9 cm³/mol. The molecule has 0 aromatic heterocycles. The van der Waals surface area contributed by atoms with E-state index in [0.717, 1.165) is 4.47 Å². The third-order valence-electron chi connectivity index (χ3n) is 1.94. The van der Waals surface area contributed by atoms with Gasteiger partial charge in [0.15, 0.2) is 0 Å². The van der Waals surface area contributed by atoms with Crippen LogP contribution in [0.1, 0.15) is 0 Å². The van der Waals surface area contributed by atoms with Gasteiger partial charge >= 0.3 is 11.8 Å². The molecule has 0 saturated heterocycles. The van der Waals surface area contributed by atoms with Crippen LogP contribution >= 0.6 is 15.9 Å². The molecule has 0 unspecified atom stereocenters. The molecule has 0 aliphatic rings. The summed E-state index contributed by atoms with van der Waals surface area (Å²) in [6.07, 6.45) is 0. The Balaban J connectivity index is 2.70. The summed E-state index contributed by atoms with van der Waals surface area (Å²) in [5.74, 6) is -1.17. The second-order valence-corrected chi connectivity index (χ2v) is 4.00. The zero-order valence-electron chi connectivity index (χ0n) is 9.49. The van der Waals surface area contributed by atoms with E-state index in [0.29, 0.717) is 11.4 Å². The third kappa shape index (κ3) is 3.75. The number of hydrogen-bond donors (Lipinski definition) is 2. The fraction of sp³-hybridized carbons (Fsp3) is 0.182. The van der Waals surface area contributed by atoms with E-state index in [1.165, 1.54) is 7.11 Å². The second-order valence-electron chi connectivity index (χ2n) is 3.14. The molecule has 94 valence electrons. The van der Waals surface area contributed by atoms with Gasteiger partial charge in [-0.3, -0.25) is 9.59 Å². The van der Waals surface area contributed by atoms with Crippen molar-refractivity contribution >= 4 is 33.4 Å². The molecule has 0 atom stereocenters. The van der Waals surface area contributed by atoms with Gasteiger partial charge in [0.1, 0.15) is 12.3 Å². The lowest BCUT2D eigenvalue weighted by Gasteiger charge is -2.08. The van der Waals surface area contributed by atoms with Crippen molar-refractivity contribution in [3.05, 3.63) is 22.7 Å². The number of nitriles is 1. The number of anilines is 1. The van der Waals surface area contributed by atoms with E-state index in [-0.39, 0.29) is 6.54 Å². The van der Waals surface area contributed by atoms with Gasteiger partial charge in [-0.1, -0.05) is 0 Å². The molecule has 7 heteroatoms. The minimum absolute atomic E-state index is 0.212. The molecular formula is C11H10BrN3O3. The number of benzene rings is 1. The Morgan fingerprint density at radius 1 is 1.44 bits per heavy atom. The van der Waals surface area contributed by atoms with Crippen LogP contribution < -0.4 is 15.4 Å². The van der Waals surface area contributed by atoms with Gasteiger partial charge in [-0.2, -0.15) is 5.26 Å². The summed E-state index contributed by atoms with van der Waals surface area (Å²) in [5.41, 5.74) is 0.423. The first-order valence-electron chi connectivity index (χ1n) is 4.88. The number of halogens is 1. The zero-order valence-corrected chi connectivity index (χ0v) is 11.1. The molecule has 1 rings (SSSR count). The molecule has 18 heavy (non-hydrogen) atoms. The average Bonchev–Trinajstić information content (AvgIpc) is 2.37. The van der Waals surface area contributed by atoms with E-state index in [9.17, 15) is 9.59 Å². The topological polar surface area (TPSA) is 91.2 Å². The van der Waals surface area contributed by atoms with E-state index >= 15 is 0 Å². The van der Waals surface area contributed by atoms with Crippen molar-refractivity contribution in [3.63, 3.8) is 0 Å². The highest BCUT2D eigenvalue weighted by atomic mass is 79.9. The van der Waals surface area contributed by atoms with Crippen molar-refractivity contribution in [2.24, 2.45) is 0 Å². The molecule has 1 aromatic carbocycles. The summed E-state index contributed by atoms with van der Waals surface area (Å²) in [7, 11) is 1.49. The molecule has 0 spiro atoms. The number of nitrogens with zero attached hydrogens (tertiary/aromatic N) is 1. The van der Waals surface area contributed by atoms with Crippen LogP contribution in [-0.4, -0.2) is 25.5 Å². The van der Waals surface area contributed by atoms with Crippen molar-refractivity contribution in [3.8, 4) is 11.8 Å². The minimum atomic E-state index is -0.863. The lowest BCUT2D eigenvalue weighted by molar-refractivity contribution is -0.136. The first-order valence-corrected chi connectivity index (χ1v) is 5.67. The number of carbonyl (C=O) groups excluding carboxylic acids is 2. The van der Waals surface area contributed by atoms with Crippen LogP contribution in [-0.2, 0) is 9.59 Å². The van der Waals surface area contributed by atoms with Crippen LogP contribution in [0.5, 0.6) is 5.75 Å². The number of hydrogen-bond acceptors (Lipinski definition) is 4. The number of ether oxygens (including phenoxy) is 1. The first kappa shape index (κ1) is 14.0. The van der Waals surface area contributed by atoms with Gasteiger partial charge in [-0.15, -0.1) is 0 Å². The summed E-state index contributed by atoms with van der Waals surface area (Å²) in [5, 5.41) is 12.8. The molecule has 0 heterocycles. The fourth-order valence-electron chi connectivity index (χ4n) is 1.13. The Morgan fingerprint density at radius 2 is 2.17 bits per heavy atom. The Hall–Kier alpha value is -2.07. The van der Waals surface area contributed by atoms with Gasteiger partial charge in [0.05, 0.1) is 17.7 Å². The quantitative estimate of drug-likeness (QED) is 0.644. The monoisotopic (exact) mass is 311 g/mol. The lowest BCUT2D eigenvalue weighted by atomic mass is 10.3. The highest BCUT2D eigenvalue weighted by Crippen LogP contribution is 2.27. The maximum Gasteiger partial charge on any atom is 0.313 e. The first-order chi connectivity index (χ1) is 8.58. The number of methoxy groups -OCH3 is 1. The van der Waals surface area contributed by atoms with Crippen molar-refractivity contribution in [2.75, 3.05) is 19.0 Å². The van der Waals surface area contributed by atoms with Crippen LogP contribution in [0.15, 0.2) is 22.7 Å². The molecule has 0 fully saturated rings. The highest BCUT2D eigenvalue weighted by Gasteiger charge is 2.13. The maximum atomic E-state index is 11.4. The summed E-state index contributed by atoms with van der Waals surface area (Å²) in [6.45, 7) is -0.212. The summed E-state index contributed by atoms with van der Waals surface area (Å²) >= 11 is 3.27. The van der Waals surface area contributed by atoms with Crippen LogP contribution in [0.3, 0.4) is 0 Å². The number of rotatable bonds is 3.